The highest BCUT2D eigenvalue weighted by molar-refractivity contribution is 5.89. The predicted octanol–water partition coefficient (Wildman–Crippen LogP) is 3.68. The molecule has 0 aliphatic heterocycles. The van der Waals surface area contributed by atoms with Crippen molar-refractivity contribution in [2.45, 2.75) is 52.2 Å². The molecule has 0 heterocycles. The average Bonchev–Trinajstić information content (AvgIpc) is 2.36. The minimum atomic E-state index is -0.939. The number of rotatable bonds is 5. The van der Waals surface area contributed by atoms with Crippen LogP contribution in [-0.2, 0) is 9.53 Å². The first-order valence-electron chi connectivity index (χ1n) is 7.03. The molecule has 0 spiro atoms. The van der Waals surface area contributed by atoms with Crippen molar-refractivity contribution in [3.8, 4) is 0 Å². The molecule has 1 unspecified atom stereocenters. The Hall–Kier alpha value is -2.04. The minimum Gasteiger partial charge on any atom is -0.481 e. The summed E-state index contributed by atoms with van der Waals surface area (Å²) in [6.07, 6.45) is -0.118. The maximum Gasteiger partial charge on any atom is 0.415 e. The Labute approximate surface area is 125 Å². The second-order valence-electron chi connectivity index (χ2n) is 5.85. The first-order valence-corrected chi connectivity index (χ1v) is 7.03. The van der Waals surface area contributed by atoms with E-state index in [1.54, 1.807) is 45.0 Å². The predicted molar refractivity (Wildman–Crippen MR) is 81.5 cm³/mol. The van der Waals surface area contributed by atoms with Crippen molar-refractivity contribution < 1.29 is 19.4 Å². The highest BCUT2D eigenvalue weighted by Crippen LogP contribution is 2.23. The number of benzene rings is 1. The lowest BCUT2D eigenvalue weighted by Crippen LogP contribution is -2.44. The van der Waals surface area contributed by atoms with Crippen molar-refractivity contribution in [2.75, 3.05) is 4.90 Å². The third kappa shape index (κ3) is 5.45. The molecule has 1 atom stereocenters. The number of aliphatic carboxylic acids is 1. The standard InChI is InChI=1S/C16H23NO4/c1-5-12(11-14(18)19)17(13-9-7-6-8-10-13)15(20)21-16(2,3)4/h6-10,12H,5,11H2,1-4H3,(H,18,19). The Morgan fingerprint density at radius 3 is 2.24 bits per heavy atom. The van der Waals surface area contributed by atoms with Crippen molar-refractivity contribution in [3.63, 3.8) is 0 Å². The zero-order chi connectivity index (χ0) is 16.0. The molecule has 0 fully saturated rings. The number of amides is 1. The maximum absolute atomic E-state index is 12.5. The largest absolute Gasteiger partial charge is 0.481 e. The molecule has 5 heteroatoms. The molecule has 0 saturated carbocycles. The van der Waals surface area contributed by atoms with Gasteiger partial charge in [0.2, 0.25) is 0 Å². The van der Waals surface area contributed by atoms with Crippen molar-refractivity contribution >= 4 is 17.7 Å². The van der Waals surface area contributed by atoms with Crippen LogP contribution in [0.3, 0.4) is 0 Å². The lowest BCUT2D eigenvalue weighted by Gasteiger charge is -2.32. The molecular formula is C16H23NO4. The van der Waals surface area contributed by atoms with Crippen LogP contribution in [0.25, 0.3) is 0 Å². The summed E-state index contributed by atoms with van der Waals surface area (Å²) in [4.78, 5) is 24.9. The molecule has 1 rings (SSSR count). The van der Waals surface area contributed by atoms with Crippen LogP contribution >= 0.6 is 0 Å². The topological polar surface area (TPSA) is 66.8 Å². The number of hydrogen-bond donors (Lipinski definition) is 1. The number of ether oxygens (including phenoxy) is 1. The van der Waals surface area contributed by atoms with Gasteiger partial charge in [0, 0.05) is 5.69 Å². The van der Waals surface area contributed by atoms with Crippen LogP contribution in [0.1, 0.15) is 40.5 Å². The lowest BCUT2D eigenvalue weighted by atomic mass is 10.1. The fourth-order valence-corrected chi connectivity index (χ4v) is 1.98. The van der Waals surface area contributed by atoms with Gasteiger partial charge in [0.05, 0.1) is 12.5 Å². The zero-order valence-electron chi connectivity index (χ0n) is 13.0. The molecule has 0 aromatic heterocycles. The van der Waals surface area contributed by atoms with Gasteiger partial charge >= 0.3 is 12.1 Å². The van der Waals surface area contributed by atoms with Gasteiger partial charge in [-0.1, -0.05) is 25.1 Å². The first kappa shape index (κ1) is 17.0. The van der Waals surface area contributed by atoms with E-state index in [2.05, 4.69) is 0 Å². The Balaban J connectivity index is 3.10. The SMILES string of the molecule is CCC(CC(=O)O)N(C(=O)OC(C)(C)C)c1ccccc1. The van der Waals surface area contributed by atoms with Crippen molar-refractivity contribution in [3.05, 3.63) is 30.3 Å². The van der Waals surface area contributed by atoms with Crippen molar-refractivity contribution in [2.24, 2.45) is 0 Å². The van der Waals surface area contributed by atoms with Gasteiger partial charge in [-0.2, -0.15) is 0 Å². The molecule has 0 bridgehead atoms. The molecular weight excluding hydrogens is 270 g/mol. The summed E-state index contributed by atoms with van der Waals surface area (Å²) < 4.78 is 5.41. The maximum atomic E-state index is 12.5. The highest BCUT2D eigenvalue weighted by atomic mass is 16.6. The zero-order valence-corrected chi connectivity index (χ0v) is 13.0. The van der Waals surface area contributed by atoms with Gasteiger partial charge < -0.3 is 9.84 Å². The van der Waals surface area contributed by atoms with E-state index in [0.717, 1.165) is 0 Å². The van der Waals surface area contributed by atoms with E-state index >= 15 is 0 Å². The second-order valence-corrected chi connectivity index (χ2v) is 5.85. The van der Waals surface area contributed by atoms with Crippen LogP contribution in [0.15, 0.2) is 30.3 Å². The smallest absolute Gasteiger partial charge is 0.415 e. The van der Waals surface area contributed by atoms with Crippen LogP contribution < -0.4 is 4.90 Å². The number of carbonyl (C=O) groups excluding carboxylic acids is 1. The minimum absolute atomic E-state index is 0.120. The number of carboxylic acid groups (broad SMARTS) is 1. The molecule has 0 aliphatic carbocycles. The van der Waals surface area contributed by atoms with E-state index < -0.39 is 23.7 Å². The van der Waals surface area contributed by atoms with E-state index in [1.165, 1.54) is 4.90 Å². The lowest BCUT2D eigenvalue weighted by molar-refractivity contribution is -0.137. The van der Waals surface area contributed by atoms with Crippen LogP contribution in [0.4, 0.5) is 10.5 Å². The normalized spacial score (nSPS) is 12.6. The van der Waals surface area contributed by atoms with E-state index in [0.29, 0.717) is 12.1 Å². The van der Waals surface area contributed by atoms with Crippen LogP contribution in [0, 0.1) is 0 Å². The van der Waals surface area contributed by atoms with Gasteiger partial charge in [-0.05, 0) is 39.3 Å². The molecule has 0 radical (unpaired) electrons. The van der Waals surface area contributed by atoms with Gasteiger partial charge in [-0.3, -0.25) is 9.69 Å². The number of hydrogen-bond acceptors (Lipinski definition) is 3. The quantitative estimate of drug-likeness (QED) is 0.899. The van der Waals surface area contributed by atoms with Gasteiger partial charge in [0.25, 0.3) is 0 Å². The summed E-state index contributed by atoms with van der Waals surface area (Å²) in [6.45, 7) is 7.21. The first-order chi connectivity index (χ1) is 9.74. The van der Waals surface area contributed by atoms with Crippen molar-refractivity contribution in [1.29, 1.82) is 0 Å². The number of para-hydroxylation sites is 1. The third-order valence-electron chi connectivity index (χ3n) is 2.87. The van der Waals surface area contributed by atoms with E-state index in [9.17, 15) is 9.59 Å². The monoisotopic (exact) mass is 293 g/mol. The second kappa shape index (κ2) is 7.11. The van der Waals surface area contributed by atoms with Crippen LogP contribution in [0.5, 0.6) is 0 Å². The Morgan fingerprint density at radius 2 is 1.81 bits per heavy atom. The Bertz CT molecular complexity index is 479. The molecule has 1 aromatic carbocycles. The molecule has 0 saturated heterocycles. The average molecular weight is 293 g/mol. The summed E-state index contributed by atoms with van der Waals surface area (Å²) in [5, 5.41) is 9.05. The number of carbonyl (C=O) groups is 2. The number of nitrogens with zero attached hydrogens (tertiary/aromatic N) is 1. The van der Waals surface area contributed by atoms with Gasteiger partial charge in [0.15, 0.2) is 0 Å². The summed E-state index contributed by atoms with van der Waals surface area (Å²) in [5.41, 5.74) is 0.00545. The van der Waals surface area contributed by atoms with Gasteiger partial charge in [-0.25, -0.2) is 4.79 Å². The van der Waals surface area contributed by atoms with E-state index in [1.807, 2.05) is 13.0 Å². The van der Waals surface area contributed by atoms with Crippen molar-refractivity contribution in [1.82, 2.24) is 0 Å². The summed E-state index contributed by atoms with van der Waals surface area (Å²) in [6, 6.07) is 8.55. The Kier molecular flexibility index (Phi) is 5.76. The highest BCUT2D eigenvalue weighted by Gasteiger charge is 2.30. The molecule has 5 nitrogen and oxygen atoms in total. The Morgan fingerprint density at radius 1 is 1.24 bits per heavy atom. The van der Waals surface area contributed by atoms with Gasteiger partial charge in [-0.15, -0.1) is 0 Å². The van der Waals surface area contributed by atoms with Crippen LogP contribution in [0.2, 0.25) is 0 Å². The molecule has 0 aliphatic rings. The summed E-state index contributed by atoms with van der Waals surface area (Å²) >= 11 is 0. The fourth-order valence-electron chi connectivity index (χ4n) is 1.98. The number of carboxylic acids is 1. The molecule has 1 N–H and O–H groups in total. The molecule has 116 valence electrons. The number of anilines is 1. The van der Waals surface area contributed by atoms with Crippen LogP contribution in [-0.4, -0.2) is 28.8 Å². The molecule has 1 amide bonds. The molecule has 21 heavy (non-hydrogen) atoms. The third-order valence-corrected chi connectivity index (χ3v) is 2.87. The molecule has 1 aromatic rings. The summed E-state index contributed by atoms with van der Waals surface area (Å²) in [7, 11) is 0. The fraction of sp³-hybridized carbons (Fsp3) is 0.500. The van der Waals surface area contributed by atoms with Gasteiger partial charge in [0.1, 0.15) is 5.60 Å². The van der Waals surface area contributed by atoms with E-state index in [-0.39, 0.29) is 6.42 Å². The summed E-state index contributed by atoms with van der Waals surface area (Å²) in [5.74, 6) is -0.939. The van der Waals surface area contributed by atoms with E-state index in [4.69, 9.17) is 9.84 Å².